The van der Waals surface area contributed by atoms with Crippen LogP contribution >= 0.6 is 0 Å². The monoisotopic (exact) mass is 351 g/mol. The van der Waals surface area contributed by atoms with Crippen molar-refractivity contribution in [1.29, 1.82) is 0 Å². The second-order valence-electron chi connectivity index (χ2n) is 7.70. The second-order valence-corrected chi connectivity index (χ2v) is 7.70. The molecule has 0 aromatic heterocycles. The van der Waals surface area contributed by atoms with Crippen LogP contribution in [0.25, 0.3) is 0 Å². The SMILES string of the molecule is CCN(CC)C1CCN(C(=NC)NCC2(C(=O)N(C)C)CCCC2)C1. The molecule has 0 radical (unpaired) electrons. The van der Waals surface area contributed by atoms with Crippen molar-refractivity contribution in [2.75, 3.05) is 53.9 Å². The van der Waals surface area contributed by atoms with E-state index in [2.05, 4.69) is 34.0 Å². The zero-order chi connectivity index (χ0) is 18.4. The van der Waals surface area contributed by atoms with E-state index in [0.717, 1.165) is 57.8 Å². The largest absolute Gasteiger partial charge is 0.355 e. The third-order valence-electron chi connectivity index (χ3n) is 6.01. The van der Waals surface area contributed by atoms with Gasteiger partial charge in [0.05, 0.1) is 5.41 Å². The smallest absolute Gasteiger partial charge is 0.230 e. The van der Waals surface area contributed by atoms with Crippen molar-refractivity contribution in [3.05, 3.63) is 0 Å². The molecule has 144 valence electrons. The summed E-state index contributed by atoms with van der Waals surface area (Å²) < 4.78 is 0. The molecule has 25 heavy (non-hydrogen) atoms. The molecular formula is C19H37N5O. The minimum atomic E-state index is -0.253. The first-order chi connectivity index (χ1) is 12.0. The van der Waals surface area contributed by atoms with Gasteiger partial charge in [-0.25, -0.2) is 0 Å². The minimum absolute atomic E-state index is 0.253. The molecule has 1 saturated heterocycles. The van der Waals surface area contributed by atoms with E-state index >= 15 is 0 Å². The van der Waals surface area contributed by atoms with Crippen LogP contribution in [0.1, 0.15) is 46.0 Å². The van der Waals surface area contributed by atoms with E-state index < -0.39 is 0 Å². The van der Waals surface area contributed by atoms with E-state index in [1.165, 1.54) is 6.42 Å². The number of likely N-dealkylation sites (N-methyl/N-ethyl adjacent to an activating group) is 1. The number of carbonyl (C=O) groups excluding carboxylic acids is 1. The normalized spacial score (nSPS) is 23.4. The predicted octanol–water partition coefficient (Wildman–Crippen LogP) is 1.63. The number of amides is 1. The summed E-state index contributed by atoms with van der Waals surface area (Å²) in [6, 6.07) is 0.609. The number of likely N-dealkylation sites (tertiary alicyclic amines) is 1. The first-order valence-corrected chi connectivity index (χ1v) is 9.88. The Morgan fingerprint density at radius 2 is 1.88 bits per heavy atom. The van der Waals surface area contributed by atoms with Gasteiger partial charge in [0.25, 0.3) is 0 Å². The van der Waals surface area contributed by atoms with Crippen molar-refractivity contribution in [3.63, 3.8) is 0 Å². The average Bonchev–Trinajstić information content (AvgIpc) is 3.27. The summed E-state index contributed by atoms with van der Waals surface area (Å²) in [7, 11) is 5.58. The van der Waals surface area contributed by atoms with Gasteiger partial charge in [-0.15, -0.1) is 0 Å². The molecule has 1 amide bonds. The summed E-state index contributed by atoms with van der Waals surface area (Å²) in [4.78, 5) is 23.9. The van der Waals surface area contributed by atoms with Gasteiger partial charge in [-0.3, -0.25) is 14.7 Å². The zero-order valence-corrected chi connectivity index (χ0v) is 16.8. The average molecular weight is 352 g/mol. The number of guanidine groups is 1. The molecule has 0 aromatic rings. The molecule has 6 heteroatoms. The summed E-state index contributed by atoms with van der Waals surface area (Å²) in [5.41, 5.74) is -0.253. The van der Waals surface area contributed by atoms with E-state index in [-0.39, 0.29) is 11.3 Å². The minimum Gasteiger partial charge on any atom is -0.355 e. The van der Waals surface area contributed by atoms with Crippen molar-refractivity contribution in [1.82, 2.24) is 20.0 Å². The van der Waals surface area contributed by atoms with Crippen molar-refractivity contribution in [2.24, 2.45) is 10.4 Å². The number of rotatable bonds is 6. The molecule has 1 unspecified atom stereocenters. The predicted molar refractivity (Wildman–Crippen MR) is 104 cm³/mol. The molecule has 2 rings (SSSR count). The van der Waals surface area contributed by atoms with Crippen LogP contribution in [0.5, 0.6) is 0 Å². The van der Waals surface area contributed by atoms with Gasteiger partial charge in [-0.05, 0) is 32.4 Å². The van der Waals surface area contributed by atoms with Crippen LogP contribution in [0.4, 0.5) is 0 Å². The molecule has 1 saturated carbocycles. The molecule has 6 nitrogen and oxygen atoms in total. The fourth-order valence-corrected chi connectivity index (χ4v) is 4.55. The first-order valence-electron chi connectivity index (χ1n) is 9.88. The van der Waals surface area contributed by atoms with Gasteiger partial charge < -0.3 is 15.1 Å². The summed E-state index contributed by atoms with van der Waals surface area (Å²) in [5, 5.41) is 3.54. The standard InChI is InChI=1S/C19H37N5O/c1-6-23(7-2)16-10-13-24(14-16)18(20-3)21-15-19(11-8-9-12-19)17(25)22(4)5/h16H,6-15H2,1-5H3,(H,20,21). The highest BCUT2D eigenvalue weighted by Gasteiger charge is 2.42. The molecule has 2 fully saturated rings. The van der Waals surface area contributed by atoms with Crippen molar-refractivity contribution >= 4 is 11.9 Å². The Labute approximate surface area is 153 Å². The van der Waals surface area contributed by atoms with E-state index in [1.54, 1.807) is 4.90 Å². The number of hydrogen-bond acceptors (Lipinski definition) is 3. The molecule has 1 N–H and O–H groups in total. The molecule has 0 aromatic carbocycles. The number of hydrogen-bond donors (Lipinski definition) is 1. The van der Waals surface area contributed by atoms with E-state index in [0.29, 0.717) is 12.6 Å². The summed E-state index contributed by atoms with van der Waals surface area (Å²) >= 11 is 0. The van der Waals surface area contributed by atoms with E-state index in [9.17, 15) is 4.79 Å². The Kier molecular flexibility index (Phi) is 7.11. The van der Waals surface area contributed by atoms with Crippen LogP contribution in [0.2, 0.25) is 0 Å². The fourth-order valence-electron chi connectivity index (χ4n) is 4.55. The lowest BCUT2D eigenvalue weighted by molar-refractivity contribution is -0.138. The summed E-state index contributed by atoms with van der Waals surface area (Å²) in [6.07, 6.45) is 5.44. The van der Waals surface area contributed by atoms with Crippen molar-refractivity contribution in [3.8, 4) is 0 Å². The maximum atomic E-state index is 12.7. The molecule has 2 aliphatic rings. The first kappa shape index (κ1) is 20.0. The number of aliphatic imine (C=N–C) groups is 1. The van der Waals surface area contributed by atoms with Crippen LogP contribution in [0.3, 0.4) is 0 Å². The highest BCUT2D eigenvalue weighted by molar-refractivity contribution is 5.85. The lowest BCUT2D eigenvalue weighted by Crippen LogP contribution is -2.50. The van der Waals surface area contributed by atoms with Crippen LogP contribution in [0.15, 0.2) is 4.99 Å². The van der Waals surface area contributed by atoms with Crippen LogP contribution in [-0.4, -0.2) is 86.5 Å². The molecule has 0 spiro atoms. The quantitative estimate of drug-likeness (QED) is 0.584. The van der Waals surface area contributed by atoms with Gasteiger partial charge in [-0.1, -0.05) is 26.7 Å². The van der Waals surface area contributed by atoms with Crippen molar-refractivity contribution in [2.45, 2.75) is 52.0 Å². The van der Waals surface area contributed by atoms with Crippen molar-refractivity contribution < 1.29 is 4.79 Å². The third kappa shape index (κ3) is 4.46. The number of nitrogens with zero attached hydrogens (tertiary/aromatic N) is 4. The summed E-state index contributed by atoms with van der Waals surface area (Å²) in [5.74, 6) is 1.21. The highest BCUT2D eigenvalue weighted by atomic mass is 16.2. The Morgan fingerprint density at radius 3 is 2.40 bits per heavy atom. The van der Waals surface area contributed by atoms with Gasteiger partial charge in [-0.2, -0.15) is 0 Å². The molecular weight excluding hydrogens is 314 g/mol. The van der Waals surface area contributed by atoms with E-state index in [1.807, 2.05) is 21.1 Å². The van der Waals surface area contributed by atoms with Gasteiger partial charge in [0, 0.05) is 46.8 Å². The molecule has 1 heterocycles. The molecule has 0 bridgehead atoms. The Morgan fingerprint density at radius 1 is 1.24 bits per heavy atom. The lowest BCUT2D eigenvalue weighted by Gasteiger charge is -2.33. The Hall–Kier alpha value is -1.30. The Balaban J connectivity index is 1.97. The van der Waals surface area contributed by atoms with Crippen LogP contribution < -0.4 is 5.32 Å². The third-order valence-corrected chi connectivity index (χ3v) is 6.01. The lowest BCUT2D eigenvalue weighted by atomic mass is 9.84. The maximum absolute atomic E-state index is 12.7. The maximum Gasteiger partial charge on any atom is 0.230 e. The summed E-state index contributed by atoms with van der Waals surface area (Å²) in [6.45, 7) is 9.42. The number of nitrogens with one attached hydrogen (secondary N) is 1. The van der Waals surface area contributed by atoms with Crippen LogP contribution in [-0.2, 0) is 4.79 Å². The topological polar surface area (TPSA) is 51.2 Å². The second kappa shape index (κ2) is 8.88. The van der Waals surface area contributed by atoms with E-state index in [4.69, 9.17) is 0 Å². The van der Waals surface area contributed by atoms with Gasteiger partial charge in [0.2, 0.25) is 5.91 Å². The Bertz CT molecular complexity index is 466. The molecule has 1 atom stereocenters. The van der Waals surface area contributed by atoms with Crippen LogP contribution in [0, 0.1) is 5.41 Å². The van der Waals surface area contributed by atoms with Gasteiger partial charge in [0.15, 0.2) is 5.96 Å². The highest BCUT2D eigenvalue weighted by Crippen LogP contribution is 2.39. The van der Waals surface area contributed by atoms with Gasteiger partial charge >= 0.3 is 0 Å². The number of carbonyl (C=O) groups is 1. The molecule has 1 aliphatic carbocycles. The van der Waals surface area contributed by atoms with Gasteiger partial charge in [0.1, 0.15) is 0 Å². The molecule has 1 aliphatic heterocycles. The fraction of sp³-hybridized carbons (Fsp3) is 0.895. The zero-order valence-electron chi connectivity index (χ0n) is 16.8.